The van der Waals surface area contributed by atoms with Crippen molar-refractivity contribution in [3.8, 4) is 11.5 Å². The number of benzene rings is 2. The van der Waals surface area contributed by atoms with Crippen LogP contribution in [0.5, 0.6) is 11.5 Å². The van der Waals surface area contributed by atoms with Crippen molar-refractivity contribution in [2.75, 3.05) is 13.7 Å². The van der Waals surface area contributed by atoms with Crippen LogP contribution in [0.15, 0.2) is 48.5 Å². The van der Waals surface area contributed by atoms with Crippen LogP contribution in [0, 0.1) is 6.92 Å². The molecule has 0 saturated heterocycles. The van der Waals surface area contributed by atoms with Crippen LogP contribution in [-0.2, 0) is 16.1 Å². The van der Waals surface area contributed by atoms with Gasteiger partial charge in [-0.1, -0.05) is 31.2 Å². The lowest BCUT2D eigenvalue weighted by atomic mass is 10.0. The maximum atomic E-state index is 13.2. The normalized spacial score (nSPS) is 11.7. The predicted molar refractivity (Wildman–Crippen MR) is 127 cm³/mol. The minimum Gasteiger partial charge on any atom is -0.497 e. The molecule has 0 aliphatic rings. The average Bonchev–Trinajstić information content (AvgIpc) is 2.77. The molecule has 0 unspecified atom stereocenters. The molecular weight excluding hydrogens is 404 g/mol. The number of carbonyl (C=O) groups is 2. The number of carbonyl (C=O) groups excluding carboxylic acids is 2. The Hall–Kier alpha value is -3.02. The molecule has 0 heterocycles. The van der Waals surface area contributed by atoms with Crippen LogP contribution < -0.4 is 14.8 Å². The molecule has 6 nitrogen and oxygen atoms in total. The third kappa shape index (κ3) is 7.59. The Kier molecular flexibility index (Phi) is 10.1. The lowest BCUT2D eigenvalue weighted by Gasteiger charge is -2.31. The fourth-order valence-corrected chi connectivity index (χ4v) is 3.50. The quantitative estimate of drug-likeness (QED) is 0.494. The van der Waals surface area contributed by atoms with Gasteiger partial charge in [0.15, 0.2) is 0 Å². The first kappa shape index (κ1) is 25.2. The van der Waals surface area contributed by atoms with Gasteiger partial charge in [-0.25, -0.2) is 0 Å². The van der Waals surface area contributed by atoms with Gasteiger partial charge in [-0.05, 0) is 69.0 Å². The van der Waals surface area contributed by atoms with Crippen molar-refractivity contribution in [1.29, 1.82) is 0 Å². The highest BCUT2D eigenvalue weighted by molar-refractivity contribution is 5.87. The van der Waals surface area contributed by atoms with E-state index in [4.69, 9.17) is 9.47 Å². The maximum absolute atomic E-state index is 13.2. The minimum atomic E-state index is -0.507. The van der Waals surface area contributed by atoms with Crippen LogP contribution in [-0.4, -0.2) is 42.5 Å². The molecule has 0 radical (unpaired) electrons. The number of ether oxygens (including phenoxy) is 2. The van der Waals surface area contributed by atoms with E-state index in [2.05, 4.69) is 5.32 Å². The number of methoxy groups -OCH3 is 1. The average molecular weight is 441 g/mol. The molecule has 0 aliphatic carbocycles. The van der Waals surface area contributed by atoms with Crippen LogP contribution in [0.1, 0.15) is 51.2 Å². The Morgan fingerprint density at radius 2 is 1.69 bits per heavy atom. The van der Waals surface area contributed by atoms with Crippen LogP contribution in [0.2, 0.25) is 0 Å². The van der Waals surface area contributed by atoms with E-state index in [0.717, 1.165) is 22.6 Å². The Morgan fingerprint density at radius 1 is 1.03 bits per heavy atom. The van der Waals surface area contributed by atoms with E-state index < -0.39 is 6.04 Å². The number of rotatable bonds is 12. The summed E-state index contributed by atoms with van der Waals surface area (Å²) in [5.74, 6) is 1.35. The zero-order valence-corrected chi connectivity index (χ0v) is 19.9. The van der Waals surface area contributed by atoms with Gasteiger partial charge in [-0.2, -0.15) is 0 Å². The molecule has 0 aromatic heterocycles. The predicted octanol–water partition coefficient (Wildman–Crippen LogP) is 4.49. The molecule has 6 heteroatoms. The van der Waals surface area contributed by atoms with Crippen molar-refractivity contribution in [3.05, 3.63) is 59.7 Å². The molecule has 174 valence electrons. The highest BCUT2D eigenvalue weighted by Gasteiger charge is 2.28. The summed E-state index contributed by atoms with van der Waals surface area (Å²) in [4.78, 5) is 27.8. The van der Waals surface area contributed by atoms with Gasteiger partial charge in [0.05, 0.1) is 13.7 Å². The van der Waals surface area contributed by atoms with E-state index in [0.29, 0.717) is 32.4 Å². The van der Waals surface area contributed by atoms with Gasteiger partial charge >= 0.3 is 0 Å². The van der Waals surface area contributed by atoms with Gasteiger partial charge in [0.25, 0.3) is 0 Å². The van der Waals surface area contributed by atoms with Crippen LogP contribution in [0.25, 0.3) is 0 Å². The second kappa shape index (κ2) is 12.7. The summed E-state index contributed by atoms with van der Waals surface area (Å²) >= 11 is 0. The molecule has 2 rings (SSSR count). The summed E-state index contributed by atoms with van der Waals surface area (Å²) in [6.45, 7) is 8.65. The lowest BCUT2D eigenvalue weighted by Crippen LogP contribution is -2.50. The third-order valence-electron chi connectivity index (χ3n) is 5.28. The number of amides is 2. The second-order valence-electron chi connectivity index (χ2n) is 8.16. The molecular formula is C26H36N2O4. The SMILES string of the molecule is CC[C@H](C(=O)NC(C)C)N(Cc1ccccc1C)C(=O)CCCOc1ccc(OC)cc1. The minimum absolute atomic E-state index is 0.0184. The number of hydrogen-bond acceptors (Lipinski definition) is 4. The molecule has 0 spiro atoms. The van der Waals surface area contributed by atoms with Gasteiger partial charge in [0.2, 0.25) is 11.8 Å². The molecule has 1 atom stereocenters. The molecule has 0 fully saturated rings. The number of aryl methyl sites for hydroxylation is 1. The summed E-state index contributed by atoms with van der Waals surface area (Å²) in [5, 5.41) is 2.96. The highest BCUT2D eigenvalue weighted by atomic mass is 16.5. The van der Waals surface area contributed by atoms with Crippen molar-refractivity contribution >= 4 is 11.8 Å². The van der Waals surface area contributed by atoms with Crippen LogP contribution in [0.4, 0.5) is 0 Å². The highest BCUT2D eigenvalue weighted by Crippen LogP contribution is 2.19. The summed E-state index contributed by atoms with van der Waals surface area (Å²) in [6.07, 6.45) is 1.43. The first-order valence-corrected chi connectivity index (χ1v) is 11.3. The first-order chi connectivity index (χ1) is 15.3. The van der Waals surface area contributed by atoms with E-state index in [-0.39, 0.29) is 17.9 Å². The molecule has 0 aliphatic heterocycles. The van der Waals surface area contributed by atoms with Crippen LogP contribution in [0.3, 0.4) is 0 Å². The van der Waals surface area contributed by atoms with E-state index in [9.17, 15) is 9.59 Å². The first-order valence-electron chi connectivity index (χ1n) is 11.3. The molecule has 2 amide bonds. The molecule has 2 aromatic rings. The molecule has 1 N–H and O–H groups in total. The molecule has 32 heavy (non-hydrogen) atoms. The van der Waals surface area contributed by atoms with Gasteiger partial charge in [0.1, 0.15) is 17.5 Å². The molecule has 0 saturated carbocycles. The number of hydrogen-bond donors (Lipinski definition) is 1. The Balaban J connectivity index is 2.04. The van der Waals surface area contributed by atoms with E-state index in [1.54, 1.807) is 12.0 Å². The van der Waals surface area contributed by atoms with Crippen molar-refractivity contribution in [2.24, 2.45) is 0 Å². The fourth-order valence-electron chi connectivity index (χ4n) is 3.50. The molecule has 0 bridgehead atoms. The summed E-state index contributed by atoms with van der Waals surface area (Å²) < 4.78 is 10.9. The third-order valence-corrected chi connectivity index (χ3v) is 5.28. The molecule has 2 aromatic carbocycles. The topological polar surface area (TPSA) is 67.9 Å². The number of nitrogens with one attached hydrogen (secondary N) is 1. The van der Waals surface area contributed by atoms with E-state index >= 15 is 0 Å². The fraction of sp³-hybridized carbons (Fsp3) is 0.462. The second-order valence-corrected chi connectivity index (χ2v) is 8.16. The Morgan fingerprint density at radius 3 is 2.28 bits per heavy atom. The smallest absolute Gasteiger partial charge is 0.243 e. The largest absolute Gasteiger partial charge is 0.497 e. The van der Waals surface area contributed by atoms with Crippen molar-refractivity contribution in [1.82, 2.24) is 10.2 Å². The van der Waals surface area contributed by atoms with E-state index in [1.807, 2.05) is 76.2 Å². The monoisotopic (exact) mass is 440 g/mol. The van der Waals surface area contributed by atoms with Crippen molar-refractivity contribution in [3.63, 3.8) is 0 Å². The maximum Gasteiger partial charge on any atom is 0.243 e. The van der Waals surface area contributed by atoms with Gasteiger partial charge in [0, 0.05) is 19.0 Å². The Bertz CT molecular complexity index is 864. The Labute approximate surface area is 191 Å². The summed E-state index contributed by atoms with van der Waals surface area (Å²) in [7, 11) is 1.62. The van der Waals surface area contributed by atoms with Gasteiger partial charge in [-0.3, -0.25) is 9.59 Å². The lowest BCUT2D eigenvalue weighted by molar-refractivity contribution is -0.141. The van der Waals surface area contributed by atoms with Crippen molar-refractivity contribution in [2.45, 2.75) is 65.6 Å². The standard InChI is InChI=1S/C26H36N2O4/c1-6-24(26(30)27-19(2)3)28(18-21-11-8-7-10-20(21)4)25(29)12-9-17-32-23-15-13-22(31-5)14-16-23/h7-8,10-11,13-16,19,24H,6,9,12,17-18H2,1-5H3,(H,27,30)/t24-/m1/s1. The van der Waals surface area contributed by atoms with Gasteiger partial charge < -0.3 is 19.7 Å². The van der Waals surface area contributed by atoms with Crippen molar-refractivity contribution < 1.29 is 19.1 Å². The zero-order chi connectivity index (χ0) is 23.5. The summed E-state index contributed by atoms with van der Waals surface area (Å²) in [6, 6.07) is 14.8. The number of nitrogens with zero attached hydrogens (tertiary/aromatic N) is 1. The zero-order valence-electron chi connectivity index (χ0n) is 19.9. The van der Waals surface area contributed by atoms with Crippen LogP contribution >= 0.6 is 0 Å². The summed E-state index contributed by atoms with van der Waals surface area (Å²) in [5.41, 5.74) is 2.15. The van der Waals surface area contributed by atoms with E-state index in [1.165, 1.54) is 0 Å². The van der Waals surface area contributed by atoms with Gasteiger partial charge in [-0.15, -0.1) is 0 Å².